The van der Waals surface area contributed by atoms with Gasteiger partial charge in [0.2, 0.25) is 0 Å². The maximum absolute atomic E-state index is 13.7. The zero-order valence-electron chi connectivity index (χ0n) is 11.5. The van der Waals surface area contributed by atoms with E-state index in [1.54, 1.807) is 0 Å². The maximum atomic E-state index is 13.7. The first-order chi connectivity index (χ1) is 9.46. The number of amides is 1. The van der Waals surface area contributed by atoms with Gasteiger partial charge in [0, 0.05) is 5.02 Å². The number of aliphatic hydroxyl groups is 1. The van der Waals surface area contributed by atoms with E-state index in [2.05, 4.69) is 12.2 Å². The van der Waals surface area contributed by atoms with E-state index in [4.69, 9.17) is 11.6 Å². The highest BCUT2D eigenvalue weighted by Gasteiger charge is 2.35. The summed E-state index contributed by atoms with van der Waals surface area (Å²) in [5.41, 5.74) is -0.720. The minimum Gasteiger partial charge on any atom is -0.394 e. The Morgan fingerprint density at radius 1 is 1.50 bits per heavy atom. The van der Waals surface area contributed by atoms with Crippen LogP contribution < -0.4 is 5.32 Å². The second-order valence-corrected chi connectivity index (χ2v) is 6.14. The molecule has 20 heavy (non-hydrogen) atoms. The van der Waals surface area contributed by atoms with Crippen molar-refractivity contribution in [3.8, 4) is 0 Å². The zero-order valence-corrected chi connectivity index (χ0v) is 12.2. The van der Waals surface area contributed by atoms with Crippen LogP contribution in [0.25, 0.3) is 0 Å². The zero-order chi connectivity index (χ0) is 14.8. The second kappa shape index (κ2) is 6.10. The average Bonchev–Trinajstić information content (AvgIpc) is 2.44. The first kappa shape index (κ1) is 15.3. The van der Waals surface area contributed by atoms with Gasteiger partial charge in [-0.05, 0) is 49.8 Å². The molecule has 1 aliphatic carbocycles. The Bertz CT molecular complexity index is 499. The first-order valence-electron chi connectivity index (χ1n) is 6.84. The molecule has 0 heterocycles. The van der Waals surface area contributed by atoms with Crippen molar-refractivity contribution in [3.63, 3.8) is 0 Å². The Balaban J connectivity index is 2.15. The Morgan fingerprint density at radius 2 is 2.15 bits per heavy atom. The number of rotatable bonds is 3. The highest BCUT2D eigenvalue weighted by molar-refractivity contribution is 6.31. The SMILES string of the molecule is CC1CCC(CO)(NC(=O)c2cc(Cl)ccc2F)CC1. The van der Waals surface area contributed by atoms with Gasteiger partial charge in [0.15, 0.2) is 0 Å². The molecule has 0 aliphatic heterocycles. The summed E-state index contributed by atoms with van der Waals surface area (Å²) in [6, 6.07) is 3.88. The number of carbonyl (C=O) groups is 1. The lowest BCUT2D eigenvalue weighted by Crippen LogP contribution is -2.53. The van der Waals surface area contributed by atoms with Crippen molar-refractivity contribution in [2.45, 2.75) is 38.1 Å². The summed E-state index contributed by atoms with van der Waals surface area (Å²) in [5, 5.41) is 12.7. The molecular weight excluding hydrogens is 281 g/mol. The van der Waals surface area contributed by atoms with Crippen molar-refractivity contribution in [3.05, 3.63) is 34.6 Å². The topological polar surface area (TPSA) is 49.3 Å². The molecule has 110 valence electrons. The molecule has 0 radical (unpaired) electrons. The molecule has 0 saturated heterocycles. The summed E-state index contributed by atoms with van der Waals surface area (Å²) >= 11 is 5.80. The summed E-state index contributed by atoms with van der Waals surface area (Å²) in [7, 11) is 0. The van der Waals surface area contributed by atoms with Crippen LogP contribution in [0.4, 0.5) is 4.39 Å². The molecule has 0 aromatic heterocycles. The molecule has 0 atom stereocenters. The number of carbonyl (C=O) groups excluding carboxylic acids is 1. The third kappa shape index (κ3) is 3.30. The Labute approximate surface area is 123 Å². The van der Waals surface area contributed by atoms with Crippen LogP contribution in [0.15, 0.2) is 18.2 Å². The highest BCUT2D eigenvalue weighted by atomic mass is 35.5. The molecule has 0 spiro atoms. The lowest BCUT2D eigenvalue weighted by molar-refractivity contribution is 0.0713. The van der Waals surface area contributed by atoms with Gasteiger partial charge in [0.1, 0.15) is 5.82 Å². The number of nitrogens with one attached hydrogen (secondary N) is 1. The predicted molar refractivity (Wildman–Crippen MR) is 76.3 cm³/mol. The van der Waals surface area contributed by atoms with Gasteiger partial charge >= 0.3 is 0 Å². The van der Waals surface area contributed by atoms with Gasteiger partial charge in [-0.15, -0.1) is 0 Å². The fourth-order valence-electron chi connectivity index (χ4n) is 2.62. The largest absolute Gasteiger partial charge is 0.394 e. The minimum atomic E-state index is -0.641. The molecule has 1 amide bonds. The molecule has 3 nitrogen and oxygen atoms in total. The average molecular weight is 300 g/mol. The van der Waals surface area contributed by atoms with Crippen LogP contribution in [0.1, 0.15) is 43.0 Å². The Morgan fingerprint density at radius 3 is 2.75 bits per heavy atom. The van der Waals surface area contributed by atoms with Gasteiger partial charge in [0.25, 0.3) is 5.91 Å². The van der Waals surface area contributed by atoms with Crippen LogP contribution >= 0.6 is 11.6 Å². The van der Waals surface area contributed by atoms with E-state index >= 15 is 0 Å². The molecule has 1 saturated carbocycles. The molecule has 1 fully saturated rings. The van der Waals surface area contributed by atoms with Crippen LogP contribution in [0.3, 0.4) is 0 Å². The van der Waals surface area contributed by atoms with Crippen LogP contribution in [0.5, 0.6) is 0 Å². The third-order valence-electron chi connectivity index (χ3n) is 4.09. The molecular formula is C15H19ClFNO2. The fourth-order valence-corrected chi connectivity index (χ4v) is 2.79. The van der Waals surface area contributed by atoms with E-state index in [1.807, 2.05) is 0 Å². The van der Waals surface area contributed by atoms with E-state index in [-0.39, 0.29) is 12.2 Å². The quantitative estimate of drug-likeness (QED) is 0.901. The lowest BCUT2D eigenvalue weighted by Gasteiger charge is -2.38. The minimum absolute atomic E-state index is 0.0797. The van der Waals surface area contributed by atoms with Crippen molar-refractivity contribution in [2.75, 3.05) is 6.61 Å². The van der Waals surface area contributed by atoms with Gasteiger partial charge in [0.05, 0.1) is 17.7 Å². The van der Waals surface area contributed by atoms with E-state index in [0.717, 1.165) is 12.8 Å². The van der Waals surface area contributed by atoms with Crippen LogP contribution in [0, 0.1) is 11.7 Å². The number of benzene rings is 1. The number of aliphatic hydroxyl groups excluding tert-OH is 1. The van der Waals surface area contributed by atoms with E-state index in [9.17, 15) is 14.3 Å². The predicted octanol–water partition coefficient (Wildman–Crippen LogP) is 3.15. The molecule has 1 aromatic carbocycles. The normalized spacial score (nSPS) is 26.3. The van der Waals surface area contributed by atoms with Gasteiger partial charge in [-0.1, -0.05) is 18.5 Å². The van der Waals surface area contributed by atoms with Crippen molar-refractivity contribution >= 4 is 17.5 Å². The van der Waals surface area contributed by atoms with Crippen molar-refractivity contribution in [1.29, 1.82) is 0 Å². The van der Waals surface area contributed by atoms with E-state index in [1.165, 1.54) is 18.2 Å². The summed E-state index contributed by atoms with van der Waals surface area (Å²) in [6.07, 6.45) is 3.30. The van der Waals surface area contributed by atoms with Crippen molar-refractivity contribution in [2.24, 2.45) is 5.92 Å². The number of hydrogen-bond acceptors (Lipinski definition) is 2. The van der Waals surface area contributed by atoms with Crippen LogP contribution in [-0.2, 0) is 0 Å². The summed E-state index contributed by atoms with van der Waals surface area (Å²) in [6.45, 7) is 2.02. The molecule has 0 bridgehead atoms. The molecule has 2 N–H and O–H groups in total. The summed E-state index contributed by atoms with van der Waals surface area (Å²) < 4.78 is 13.7. The highest BCUT2D eigenvalue weighted by Crippen LogP contribution is 2.32. The van der Waals surface area contributed by atoms with Gasteiger partial charge in [-0.3, -0.25) is 4.79 Å². The third-order valence-corrected chi connectivity index (χ3v) is 4.32. The summed E-state index contributed by atoms with van der Waals surface area (Å²) in [5.74, 6) is -0.535. The molecule has 1 aliphatic rings. The Kier molecular flexibility index (Phi) is 4.66. The van der Waals surface area contributed by atoms with E-state index < -0.39 is 17.3 Å². The van der Waals surface area contributed by atoms with Gasteiger partial charge in [-0.25, -0.2) is 4.39 Å². The van der Waals surface area contributed by atoms with Gasteiger partial charge in [-0.2, -0.15) is 0 Å². The molecule has 5 heteroatoms. The number of hydrogen-bond donors (Lipinski definition) is 2. The lowest BCUT2D eigenvalue weighted by atomic mass is 9.77. The van der Waals surface area contributed by atoms with E-state index in [0.29, 0.717) is 23.8 Å². The Hall–Kier alpha value is -1.13. The smallest absolute Gasteiger partial charge is 0.254 e. The van der Waals surface area contributed by atoms with Crippen molar-refractivity contribution < 1.29 is 14.3 Å². The molecule has 1 aromatic rings. The fraction of sp³-hybridized carbons (Fsp3) is 0.533. The second-order valence-electron chi connectivity index (χ2n) is 5.70. The summed E-state index contributed by atoms with van der Waals surface area (Å²) in [4.78, 5) is 12.2. The standard InChI is InChI=1S/C15H19ClFNO2/c1-10-4-6-15(9-19,7-5-10)18-14(20)12-8-11(16)2-3-13(12)17/h2-3,8,10,19H,4-7,9H2,1H3,(H,18,20). The van der Waals surface area contributed by atoms with Gasteiger partial charge < -0.3 is 10.4 Å². The number of halogens is 2. The first-order valence-corrected chi connectivity index (χ1v) is 7.22. The monoisotopic (exact) mass is 299 g/mol. The van der Waals surface area contributed by atoms with Crippen LogP contribution in [0.2, 0.25) is 5.02 Å². The molecule has 2 rings (SSSR count). The van der Waals surface area contributed by atoms with Crippen LogP contribution in [-0.4, -0.2) is 23.2 Å². The maximum Gasteiger partial charge on any atom is 0.254 e. The van der Waals surface area contributed by atoms with Crippen molar-refractivity contribution in [1.82, 2.24) is 5.32 Å². The molecule has 0 unspecified atom stereocenters.